The lowest BCUT2D eigenvalue weighted by Crippen LogP contribution is -2.51. The Bertz CT molecular complexity index is 2980. The van der Waals surface area contributed by atoms with Gasteiger partial charge in [-0.25, -0.2) is 24.4 Å². The maximum Gasteiger partial charge on any atom is 0.410 e. The third kappa shape index (κ3) is 8.66. The van der Waals surface area contributed by atoms with Gasteiger partial charge in [0.15, 0.2) is 11.5 Å². The van der Waals surface area contributed by atoms with Crippen LogP contribution in [0.1, 0.15) is 81.8 Å². The Hall–Kier alpha value is -7.77. The molecule has 3 aromatic carbocycles. The van der Waals surface area contributed by atoms with E-state index in [0.29, 0.717) is 59.6 Å². The highest BCUT2D eigenvalue weighted by Crippen LogP contribution is 2.41. The van der Waals surface area contributed by atoms with Crippen LogP contribution in [0.15, 0.2) is 65.3 Å². The molecule has 10 rings (SSSR count). The van der Waals surface area contributed by atoms with Gasteiger partial charge in [0.05, 0.1) is 56.6 Å². The van der Waals surface area contributed by atoms with Crippen LogP contribution in [0.5, 0.6) is 11.5 Å². The summed E-state index contributed by atoms with van der Waals surface area (Å²) in [5.74, 6) is 1.48. The number of imidazole rings is 2. The van der Waals surface area contributed by atoms with E-state index in [1.807, 2.05) is 76.2 Å². The summed E-state index contributed by atoms with van der Waals surface area (Å²) in [5, 5.41) is 7.16. The van der Waals surface area contributed by atoms with Crippen molar-refractivity contribution in [3.63, 3.8) is 0 Å². The quantitative estimate of drug-likeness (QED) is 0.0934. The molecule has 2 fully saturated rings. The number of furan rings is 1. The molecule has 4 aliphatic heterocycles. The molecule has 6 aromatic rings. The molecule has 0 spiro atoms. The van der Waals surface area contributed by atoms with E-state index >= 15 is 0 Å². The summed E-state index contributed by atoms with van der Waals surface area (Å²) in [5.41, 5.74) is 6.40. The van der Waals surface area contributed by atoms with E-state index < -0.39 is 42.5 Å². The van der Waals surface area contributed by atoms with Crippen molar-refractivity contribution in [2.24, 2.45) is 11.8 Å². The minimum atomic E-state index is -0.917. The van der Waals surface area contributed by atoms with Crippen molar-refractivity contribution >= 4 is 52.0 Å². The van der Waals surface area contributed by atoms with Gasteiger partial charge in [-0.1, -0.05) is 33.8 Å². The van der Waals surface area contributed by atoms with Crippen molar-refractivity contribution in [1.82, 2.24) is 45.3 Å². The van der Waals surface area contributed by atoms with E-state index in [0.717, 1.165) is 51.6 Å². The lowest BCUT2D eigenvalue weighted by Gasteiger charge is -2.30. The second-order valence-electron chi connectivity index (χ2n) is 18.9. The summed E-state index contributed by atoms with van der Waals surface area (Å²) in [7, 11) is 2.52. The number of H-pyrrole nitrogens is 2. The van der Waals surface area contributed by atoms with Gasteiger partial charge in [-0.05, 0) is 78.3 Å². The molecule has 5 atom stereocenters. The fourth-order valence-electron chi connectivity index (χ4n) is 10.0. The molecule has 0 saturated carbocycles. The van der Waals surface area contributed by atoms with Crippen LogP contribution in [-0.2, 0) is 36.9 Å². The lowest BCUT2D eigenvalue weighted by molar-refractivity contribution is -0.136. The van der Waals surface area contributed by atoms with Gasteiger partial charge < -0.3 is 58.5 Å². The summed E-state index contributed by atoms with van der Waals surface area (Å²) in [4.78, 5) is 87.6. The molecule has 0 radical (unpaired) electrons. The highest BCUT2D eigenvalue weighted by molar-refractivity contribution is 6.07. The van der Waals surface area contributed by atoms with Crippen LogP contribution in [0, 0.1) is 11.8 Å². The number of likely N-dealkylation sites (tertiary alicyclic amines) is 2. The number of aromatic amines is 2. The number of amides is 5. The van der Waals surface area contributed by atoms with Crippen LogP contribution < -0.4 is 20.1 Å². The van der Waals surface area contributed by atoms with E-state index in [1.165, 1.54) is 14.2 Å². The van der Waals surface area contributed by atoms with Crippen molar-refractivity contribution in [2.75, 3.05) is 34.1 Å². The SMILES string of the molecule is COC(=O)N[C@H](C(=O)N1CCCC1c1ncc(-c2ccc3c(c2)oc2ccc(-c4cnc(C5CC(OC(=O)N6Cc7cc8c(cc7C6)OCO8)CN5C(=O)[C@@H](NC(=O)OC)C(C)C)[nH]4)cc23)[nH]1)C(C)C. The number of benzene rings is 3. The Morgan fingerprint density at radius 2 is 1.30 bits per heavy atom. The molecular formula is C50H55N9O11. The topological polar surface area (TPSA) is 236 Å². The van der Waals surface area contributed by atoms with E-state index in [1.54, 1.807) is 27.1 Å². The van der Waals surface area contributed by atoms with Gasteiger partial charge in [0.2, 0.25) is 18.6 Å². The molecule has 5 amide bonds. The molecular weight excluding hydrogens is 903 g/mol. The first-order chi connectivity index (χ1) is 33.8. The van der Waals surface area contributed by atoms with Gasteiger partial charge in [-0.3, -0.25) is 14.5 Å². The summed E-state index contributed by atoms with van der Waals surface area (Å²) in [6.45, 7) is 8.91. The second kappa shape index (κ2) is 18.6. The number of carbonyl (C=O) groups is 5. The largest absolute Gasteiger partial charge is 0.456 e. The minimum Gasteiger partial charge on any atom is -0.456 e. The molecule has 2 saturated heterocycles. The van der Waals surface area contributed by atoms with E-state index in [2.05, 4.69) is 20.6 Å². The fraction of sp³-hybridized carbons (Fsp3) is 0.420. The third-order valence-corrected chi connectivity index (χ3v) is 13.7. The van der Waals surface area contributed by atoms with Gasteiger partial charge in [-0.15, -0.1) is 0 Å². The summed E-state index contributed by atoms with van der Waals surface area (Å²) < 4.78 is 33.2. The number of aromatic nitrogens is 4. The van der Waals surface area contributed by atoms with Gasteiger partial charge in [0.25, 0.3) is 0 Å². The van der Waals surface area contributed by atoms with E-state index in [4.69, 9.17) is 38.1 Å². The molecule has 4 N–H and O–H groups in total. The smallest absolute Gasteiger partial charge is 0.410 e. The van der Waals surface area contributed by atoms with Crippen LogP contribution in [-0.4, -0.2) is 117 Å². The van der Waals surface area contributed by atoms with Gasteiger partial charge in [0.1, 0.15) is 41.0 Å². The number of alkyl carbamates (subject to hydrolysis) is 2. The van der Waals surface area contributed by atoms with Crippen LogP contribution in [0.3, 0.4) is 0 Å². The molecule has 20 nitrogen and oxygen atoms in total. The zero-order chi connectivity index (χ0) is 49.0. The Kier molecular flexibility index (Phi) is 12.2. The zero-order valence-corrected chi connectivity index (χ0v) is 39.7. The minimum absolute atomic E-state index is 0.0799. The fourth-order valence-corrected chi connectivity index (χ4v) is 10.0. The van der Waals surface area contributed by atoms with E-state index in [9.17, 15) is 24.0 Å². The van der Waals surface area contributed by atoms with Crippen LogP contribution in [0.4, 0.5) is 14.4 Å². The number of fused-ring (bicyclic) bond motifs is 5. The van der Waals surface area contributed by atoms with Crippen molar-refractivity contribution in [1.29, 1.82) is 0 Å². The summed E-state index contributed by atoms with van der Waals surface area (Å²) >= 11 is 0. The van der Waals surface area contributed by atoms with Crippen LogP contribution in [0.25, 0.3) is 44.5 Å². The number of hydrogen-bond acceptors (Lipinski definition) is 13. The molecule has 3 aromatic heterocycles. The lowest BCUT2D eigenvalue weighted by atomic mass is 10.0. The molecule has 20 heteroatoms. The number of hydrogen-bond donors (Lipinski definition) is 4. The number of carbonyl (C=O) groups excluding carboxylic acids is 5. The number of methoxy groups -OCH3 is 2. The van der Waals surface area contributed by atoms with Crippen LogP contribution in [0.2, 0.25) is 0 Å². The molecule has 366 valence electrons. The molecule has 7 heterocycles. The highest BCUT2D eigenvalue weighted by atomic mass is 16.7. The monoisotopic (exact) mass is 957 g/mol. The van der Waals surface area contributed by atoms with Gasteiger partial charge in [-0.2, -0.15) is 0 Å². The predicted molar refractivity (Wildman–Crippen MR) is 252 cm³/mol. The van der Waals surface area contributed by atoms with Crippen molar-refractivity contribution < 1.29 is 52.1 Å². The molecule has 0 bridgehead atoms. The maximum absolute atomic E-state index is 14.4. The molecule has 70 heavy (non-hydrogen) atoms. The second-order valence-corrected chi connectivity index (χ2v) is 18.9. The number of rotatable bonds is 11. The average Bonchev–Trinajstić information content (AvgIpc) is 4.21. The molecule has 0 aliphatic carbocycles. The molecule has 4 aliphatic rings. The Morgan fingerprint density at radius 3 is 1.91 bits per heavy atom. The first kappa shape index (κ1) is 46.0. The van der Waals surface area contributed by atoms with Crippen LogP contribution >= 0.6 is 0 Å². The number of nitrogens with zero attached hydrogens (tertiary/aromatic N) is 5. The zero-order valence-electron chi connectivity index (χ0n) is 39.7. The first-order valence-electron chi connectivity index (χ1n) is 23.5. The Balaban J connectivity index is 0.870. The predicted octanol–water partition coefficient (Wildman–Crippen LogP) is 7.31. The Labute approximate surface area is 402 Å². The van der Waals surface area contributed by atoms with Gasteiger partial charge in [0, 0.05) is 48.0 Å². The number of ether oxygens (including phenoxy) is 5. The Morgan fingerprint density at radius 1 is 0.714 bits per heavy atom. The summed E-state index contributed by atoms with van der Waals surface area (Å²) in [6.07, 6.45) is 2.70. The maximum atomic E-state index is 14.4. The third-order valence-electron chi connectivity index (χ3n) is 13.7. The average molecular weight is 958 g/mol. The standard InChI is InChI=1S/C50H55N9O11/c1-25(2)42(55-48(62)65-5)46(60)58-13-7-8-36(58)44-51-20-35(53-44)28-9-11-32-33-14-27(10-12-38(33)70-39(32)15-28)34-19-52-45(54-34)37-18-31(23-59(37)47(61)43(26(3)4)56-49(63)66-6)69-50(64)57-21-29-16-40-41(68-24-67-40)17-30(29)22-57/h9-12,14-17,19-20,25-26,31,36-37,42-43H,7-8,13,18,21-24H2,1-6H3,(H,51,53)(H,52,54)(H,55,62)(H,56,63)/t31?,36?,37?,42-,43-/m0/s1. The van der Waals surface area contributed by atoms with Gasteiger partial charge >= 0.3 is 18.3 Å². The van der Waals surface area contributed by atoms with Crippen molar-refractivity contribution in [3.05, 3.63) is 83.7 Å². The first-order valence-corrected chi connectivity index (χ1v) is 23.5. The summed E-state index contributed by atoms with van der Waals surface area (Å²) in [6, 6.07) is 13.1. The van der Waals surface area contributed by atoms with Crippen molar-refractivity contribution in [3.8, 4) is 34.0 Å². The highest BCUT2D eigenvalue weighted by Gasteiger charge is 2.44. The number of nitrogens with one attached hydrogen (secondary N) is 4. The normalized spacial score (nSPS) is 19.3. The van der Waals surface area contributed by atoms with Crippen molar-refractivity contribution in [2.45, 2.75) is 90.3 Å². The molecule has 3 unspecified atom stereocenters. The van der Waals surface area contributed by atoms with E-state index in [-0.39, 0.29) is 49.5 Å².